The van der Waals surface area contributed by atoms with E-state index in [0.29, 0.717) is 12.3 Å². The van der Waals surface area contributed by atoms with Crippen molar-refractivity contribution in [2.45, 2.75) is 83.3 Å². The zero-order chi connectivity index (χ0) is 20.8. The normalized spacial score (nSPS) is 34.3. The fraction of sp³-hybridized carbons (Fsp3) is 0.667. The molecule has 3 saturated heterocycles. The van der Waals surface area contributed by atoms with Crippen molar-refractivity contribution in [1.29, 1.82) is 0 Å². The van der Waals surface area contributed by atoms with Crippen LogP contribution in [0.25, 0.3) is 0 Å². The smallest absolute Gasteiger partial charge is 0.256 e. The van der Waals surface area contributed by atoms with E-state index in [0.717, 1.165) is 12.2 Å². The van der Waals surface area contributed by atoms with Crippen LogP contribution < -0.4 is 10.1 Å². The number of hydrogen-bond acceptors (Lipinski definition) is 7. The minimum Gasteiger partial charge on any atom is -0.494 e. The maximum atomic E-state index is 13.0. The lowest BCUT2D eigenvalue weighted by atomic mass is 9.98. The van der Waals surface area contributed by atoms with Gasteiger partial charge in [-0.15, -0.1) is 0 Å². The Hall–Kier alpha value is -1.71. The number of anilines is 1. The van der Waals surface area contributed by atoms with Gasteiger partial charge >= 0.3 is 0 Å². The summed E-state index contributed by atoms with van der Waals surface area (Å²) in [7, 11) is 0. The number of rotatable bonds is 5. The van der Waals surface area contributed by atoms with Crippen LogP contribution in [0.2, 0.25) is 0 Å². The largest absolute Gasteiger partial charge is 0.494 e. The van der Waals surface area contributed by atoms with Crippen molar-refractivity contribution in [3.63, 3.8) is 0 Å². The summed E-state index contributed by atoms with van der Waals surface area (Å²) in [5.74, 6) is -1.24. The summed E-state index contributed by atoms with van der Waals surface area (Å²) in [6.07, 6.45) is -2.19. The van der Waals surface area contributed by atoms with E-state index in [1.807, 2.05) is 46.8 Å². The zero-order valence-corrected chi connectivity index (χ0v) is 17.5. The van der Waals surface area contributed by atoms with Crippen molar-refractivity contribution < 1.29 is 33.2 Å². The van der Waals surface area contributed by atoms with Crippen LogP contribution in [0.4, 0.5) is 5.69 Å². The first-order valence-electron chi connectivity index (χ1n) is 10.1. The average molecular weight is 407 g/mol. The molecule has 0 bridgehead atoms. The van der Waals surface area contributed by atoms with Crippen LogP contribution >= 0.6 is 0 Å². The molecule has 29 heavy (non-hydrogen) atoms. The van der Waals surface area contributed by atoms with E-state index in [1.165, 1.54) is 0 Å². The van der Waals surface area contributed by atoms with Crippen molar-refractivity contribution >= 4 is 11.6 Å². The second-order valence-electron chi connectivity index (χ2n) is 8.45. The van der Waals surface area contributed by atoms with Crippen molar-refractivity contribution in [1.82, 2.24) is 0 Å². The first-order valence-corrected chi connectivity index (χ1v) is 10.1. The number of fused-ring (bicyclic) bond motifs is 3. The number of hydrogen-bond donors (Lipinski definition) is 1. The van der Waals surface area contributed by atoms with Gasteiger partial charge in [0, 0.05) is 5.69 Å². The van der Waals surface area contributed by atoms with Gasteiger partial charge in [-0.25, -0.2) is 0 Å². The van der Waals surface area contributed by atoms with Crippen LogP contribution in [-0.4, -0.2) is 54.8 Å². The summed E-state index contributed by atoms with van der Waals surface area (Å²) in [6.45, 7) is 9.94. The van der Waals surface area contributed by atoms with Crippen molar-refractivity contribution in [3.05, 3.63) is 24.3 Å². The van der Waals surface area contributed by atoms with Crippen LogP contribution in [0.1, 0.15) is 41.0 Å². The molecule has 0 unspecified atom stereocenters. The highest BCUT2D eigenvalue weighted by Crippen LogP contribution is 2.44. The molecule has 3 fully saturated rings. The lowest BCUT2D eigenvalue weighted by molar-refractivity contribution is -0.229. The third-order valence-corrected chi connectivity index (χ3v) is 5.01. The van der Waals surface area contributed by atoms with Gasteiger partial charge in [0.2, 0.25) is 0 Å². The van der Waals surface area contributed by atoms with E-state index < -0.39 is 42.3 Å². The molecule has 1 aromatic rings. The minimum absolute atomic E-state index is 0.324. The lowest BCUT2D eigenvalue weighted by Crippen LogP contribution is -2.58. The molecule has 8 nitrogen and oxygen atoms in total. The number of amides is 1. The van der Waals surface area contributed by atoms with Crippen molar-refractivity contribution in [3.8, 4) is 5.75 Å². The summed E-state index contributed by atoms with van der Waals surface area (Å²) in [5.41, 5.74) is 0.642. The lowest BCUT2D eigenvalue weighted by Gasteiger charge is -2.36. The van der Waals surface area contributed by atoms with Gasteiger partial charge in [0.1, 0.15) is 24.1 Å². The average Bonchev–Trinajstić information content (AvgIpc) is 3.14. The fourth-order valence-corrected chi connectivity index (χ4v) is 3.89. The molecule has 1 N–H and O–H groups in total. The SMILES string of the molecule is CCCOc1ccc(NC(=O)[C@@H]2O[C@@H]3OC(C)(C)O[C@@H]3[C@H]3OC(C)(C)O[C@H]32)cc1. The molecule has 0 radical (unpaired) electrons. The standard InChI is InChI=1S/C21H29NO7/c1-6-11-24-13-9-7-12(8-10-13)22-18(23)16-14-15(27-20(2,3)26-14)17-19(25-16)29-21(4,5)28-17/h7-10,14-17,19H,6,11H2,1-5H3,(H,22,23)/t14-,15+,16-,17-,19-/m1/s1. The Morgan fingerprint density at radius 2 is 1.59 bits per heavy atom. The number of carbonyl (C=O) groups is 1. The Labute approximate surface area is 170 Å². The highest BCUT2D eigenvalue weighted by atomic mass is 16.9. The Morgan fingerprint density at radius 1 is 0.966 bits per heavy atom. The molecule has 1 aromatic carbocycles. The highest BCUT2D eigenvalue weighted by Gasteiger charge is 2.62. The third-order valence-electron chi connectivity index (χ3n) is 5.01. The molecule has 3 aliphatic rings. The predicted octanol–water partition coefficient (Wildman–Crippen LogP) is 2.81. The molecule has 0 aliphatic carbocycles. The summed E-state index contributed by atoms with van der Waals surface area (Å²) in [5, 5.41) is 2.88. The van der Waals surface area contributed by atoms with Crippen LogP contribution in [0, 0.1) is 0 Å². The van der Waals surface area contributed by atoms with Gasteiger partial charge in [-0.2, -0.15) is 0 Å². The molecule has 0 spiro atoms. The number of nitrogens with one attached hydrogen (secondary N) is 1. The van der Waals surface area contributed by atoms with E-state index in [-0.39, 0.29) is 5.91 Å². The number of ether oxygens (including phenoxy) is 6. The minimum atomic E-state index is -0.892. The topological polar surface area (TPSA) is 84.5 Å². The Kier molecular flexibility index (Phi) is 5.33. The van der Waals surface area contributed by atoms with Gasteiger partial charge in [0.25, 0.3) is 5.91 Å². The van der Waals surface area contributed by atoms with E-state index in [2.05, 4.69) is 5.32 Å². The van der Waals surface area contributed by atoms with Gasteiger partial charge in [0.05, 0.1) is 6.61 Å². The monoisotopic (exact) mass is 407 g/mol. The molecule has 4 rings (SSSR count). The zero-order valence-electron chi connectivity index (χ0n) is 17.5. The first kappa shape index (κ1) is 20.6. The van der Waals surface area contributed by atoms with Crippen LogP contribution in [-0.2, 0) is 28.5 Å². The quantitative estimate of drug-likeness (QED) is 0.803. The van der Waals surface area contributed by atoms with Crippen LogP contribution in [0.3, 0.4) is 0 Å². The van der Waals surface area contributed by atoms with Gasteiger partial charge in [0.15, 0.2) is 24.0 Å². The van der Waals surface area contributed by atoms with Crippen molar-refractivity contribution in [2.24, 2.45) is 0 Å². The first-order chi connectivity index (χ1) is 13.7. The molecule has 0 saturated carbocycles. The maximum Gasteiger partial charge on any atom is 0.256 e. The van der Waals surface area contributed by atoms with E-state index in [1.54, 1.807) is 12.1 Å². The van der Waals surface area contributed by atoms with Crippen LogP contribution in [0.5, 0.6) is 5.75 Å². The Balaban J connectivity index is 1.49. The van der Waals surface area contributed by atoms with Gasteiger partial charge in [-0.3, -0.25) is 4.79 Å². The third kappa shape index (κ3) is 4.27. The maximum absolute atomic E-state index is 13.0. The predicted molar refractivity (Wildman–Crippen MR) is 103 cm³/mol. The summed E-state index contributed by atoms with van der Waals surface area (Å²) in [6, 6.07) is 7.22. The molecule has 1 amide bonds. The fourth-order valence-electron chi connectivity index (χ4n) is 3.89. The highest BCUT2D eigenvalue weighted by molar-refractivity contribution is 5.94. The molecule has 0 aromatic heterocycles. The Bertz CT molecular complexity index is 748. The summed E-state index contributed by atoms with van der Waals surface area (Å²) < 4.78 is 35.4. The van der Waals surface area contributed by atoms with Gasteiger partial charge in [-0.05, 0) is 58.4 Å². The summed E-state index contributed by atoms with van der Waals surface area (Å²) >= 11 is 0. The second kappa shape index (κ2) is 7.52. The second-order valence-corrected chi connectivity index (χ2v) is 8.45. The summed E-state index contributed by atoms with van der Waals surface area (Å²) in [4.78, 5) is 13.0. The van der Waals surface area contributed by atoms with E-state index >= 15 is 0 Å². The van der Waals surface area contributed by atoms with Crippen molar-refractivity contribution in [2.75, 3.05) is 11.9 Å². The Morgan fingerprint density at radius 3 is 2.28 bits per heavy atom. The van der Waals surface area contributed by atoms with E-state index in [9.17, 15) is 4.79 Å². The molecule has 3 heterocycles. The van der Waals surface area contributed by atoms with Gasteiger partial charge < -0.3 is 33.7 Å². The molecular weight excluding hydrogens is 378 g/mol. The molecule has 5 atom stereocenters. The number of carbonyl (C=O) groups excluding carboxylic acids is 1. The molecular formula is C21H29NO7. The van der Waals surface area contributed by atoms with E-state index in [4.69, 9.17) is 28.4 Å². The van der Waals surface area contributed by atoms with Crippen LogP contribution in [0.15, 0.2) is 24.3 Å². The molecule has 8 heteroatoms. The number of benzene rings is 1. The molecule has 160 valence electrons. The molecule has 3 aliphatic heterocycles. The van der Waals surface area contributed by atoms with Gasteiger partial charge in [-0.1, -0.05) is 6.92 Å².